The largest absolute Gasteiger partial charge is 0.444 e. The van der Waals surface area contributed by atoms with Crippen molar-refractivity contribution in [2.75, 3.05) is 18.4 Å². The van der Waals surface area contributed by atoms with Crippen molar-refractivity contribution in [2.24, 2.45) is 0 Å². The number of alkyl carbamates (subject to hydrolysis) is 1. The molecule has 1 aliphatic rings. The second-order valence-corrected chi connectivity index (χ2v) is 8.94. The van der Waals surface area contributed by atoms with Crippen molar-refractivity contribution < 1.29 is 28.7 Å². The zero-order valence-corrected chi connectivity index (χ0v) is 19.8. The number of nitrogens with zero attached hydrogens (tertiary/aromatic N) is 1. The predicted octanol–water partition coefficient (Wildman–Crippen LogP) is 2.45. The minimum Gasteiger partial charge on any atom is -0.444 e. The van der Waals surface area contributed by atoms with E-state index in [1.54, 1.807) is 69.3 Å². The summed E-state index contributed by atoms with van der Waals surface area (Å²) in [6, 6.07) is 13.4. The highest BCUT2D eigenvalue weighted by Gasteiger charge is 2.34. The van der Waals surface area contributed by atoms with Gasteiger partial charge in [-0.3, -0.25) is 24.1 Å². The van der Waals surface area contributed by atoms with Crippen LogP contribution in [0.3, 0.4) is 0 Å². The number of ether oxygens (including phenoxy) is 1. The van der Waals surface area contributed by atoms with E-state index in [0.29, 0.717) is 16.8 Å². The molecule has 1 heterocycles. The lowest BCUT2D eigenvalue weighted by Gasteiger charge is -2.19. The first-order valence-corrected chi connectivity index (χ1v) is 11.1. The van der Waals surface area contributed by atoms with Gasteiger partial charge < -0.3 is 20.7 Å². The third kappa shape index (κ3) is 7.13. The molecule has 0 atom stereocenters. The summed E-state index contributed by atoms with van der Waals surface area (Å²) in [5.74, 6) is -1.56. The van der Waals surface area contributed by atoms with Crippen LogP contribution in [-0.4, -0.2) is 53.3 Å². The Bertz CT molecular complexity index is 1120. The maximum absolute atomic E-state index is 12.4. The molecular weight excluding hydrogens is 452 g/mol. The van der Waals surface area contributed by atoms with Crippen molar-refractivity contribution in [1.29, 1.82) is 0 Å². The average Bonchev–Trinajstić information content (AvgIpc) is 3.04. The number of carbonyl (C=O) groups excluding carboxylic acids is 5. The highest BCUT2D eigenvalue weighted by atomic mass is 16.6. The second kappa shape index (κ2) is 10.8. The van der Waals surface area contributed by atoms with Crippen molar-refractivity contribution in [3.8, 4) is 0 Å². The smallest absolute Gasteiger partial charge is 0.408 e. The Morgan fingerprint density at radius 2 is 1.54 bits per heavy atom. The number of nitrogens with one attached hydrogen (secondary N) is 3. The molecule has 0 radical (unpaired) electrons. The molecule has 0 aliphatic carbocycles. The van der Waals surface area contributed by atoms with E-state index in [1.165, 1.54) is 0 Å². The van der Waals surface area contributed by atoms with Crippen molar-refractivity contribution in [2.45, 2.75) is 39.3 Å². The third-order valence-electron chi connectivity index (χ3n) is 4.93. The molecule has 0 bridgehead atoms. The lowest BCUT2D eigenvalue weighted by Crippen LogP contribution is -2.39. The Labute approximate surface area is 203 Å². The van der Waals surface area contributed by atoms with Crippen LogP contribution < -0.4 is 16.0 Å². The fourth-order valence-corrected chi connectivity index (χ4v) is 3.37. The topological polar surface area (TPSA) is 134 Å². The van der Waals surface area contributed by atoms with E-state index >= 15 is 0 Å². The Morgan fingerprint density at radius 1 is 0.886 bits per heavy atom. The van der Waals surface area contributed by atoms with Crippen molar-refractivity contribution >= 4 is 35.4 Å². The van der Waals surface area contributed by atoms with Gasteiger partial charge in [-0.2, -0.15) is 0 Å². The maximum Gasteiger partial charge on any atom is 0.408 e. The summed E-state index contributed by atoms with van der Waals surface area (Å²) in [6.07, 6.45) is -0.735. The lowest BCUT2D eigenvalue weighted by molar-refractivity contribution is -0.120. The number of fused-ring (bicyclic) bond motifs is 1. The maximum atomic E-state index is 12.4. The molecule has 0 unspecified atom stereocenters. The summed E-state index contributed by atoms with van der Waals surface area (Å²) in [4.78, 5) is 61.9. The molecule has 35 heavy (non-hydrogen) atoms. The SMILES string of the molecule is CC(C)(C)OC(=O)NCC(=O)NCc1cccc(NC(=O)CCN2C(=O)c3ccccc3C2=O)c1. The number of amides is 5. The number of hydrogen-bond donors (Lipinski definition) is 3. The second-order valence-electron chi connectivity index (χ2n) is 8.94. The van der Waals surface area contributed by atoms with Gasteiger partial charge in [0.1, 0.15) is 12.1 Å². The molecule has 184 valence electrons. The molecule has 10 heteroatoms. The summed E-state index contributed by atoms with van der Waals surface area (Å²) in [5.41, 5.74) is 1.27. The fraction of sp³-hybridized carbons (Fsp3) is 0.320. The fourth-order valence-electron chi connectivity index (χ4n) is 3.37. The van der Waals surface area contributed by atoms with Gasteiger partial charge in [-0.15, -0.1) is 0 Å². The number of anilines is 1. The normalized spacial score (nSPS) is 12.7. The summed E-state index contributed by atoms with van der Waals surface area (Å²) in [5, 5.41) is 7.79. The molecular formula is C25H28N4O6. The van der Waals surface area contributed by atoms with E-state index in [0.717, 1.165) is 10.5 Å². The molecule has 0 saturated carbocycles. The van der Waals surface area contributed by atoms with Crippen LogP contribution in [0.4, 0.5) is 10.5 Å². The minimum absolute atomic E-state index is 0.0292. The van der Waals surface area contributed by atoms with Crippen molar-refractivity contribution in [3.63, 3.8) is 0 Å². The zero-order chi connectivity index (χ0) is 25.6. The number of imide groups is 1. The summed E-state index contributed by atoms with van der Waals surface area (Å²) < 4.78 is 5.07. The van der Waals surface area contributed by atoms with Gasteiger partial charge in [0.15, 0.2) is 0 Å². The van der Waals surface area contributed by atoms with E-state index in [1.807, 2.05) is 0 Å². The first kappa shape index (κ1) is 25.4. The number of carbonyl (C=O) groups is 5. The van der Waals surface area contributed by atoms with Gasteiger partial charge in [0.05, 0.1) is 11.1 Å². The number of benzene rings is 2. The van der Waals surface area contributed by atoms with Gasteiger partial charge in [-0.1, -0.05) is 24.3 Å². The standard InChI is InChI=1S/C25H28N4O6/c1-25(2,3)35-24(34)27-15-21(31)26-14-16-7-6-8-17(13-16)28-20(30)11-12-29-22(32)18-9-4-5-10-19(18)23(29)33/h4-10,13H,11-12,14-15H2,1-3H3,(H,26,31)(H,27,34)(H,28,30). The Hall–Kier alpha value is -4.21. The van der Waals surface area contributed by atoms with Gasteiger partial charge in [-0.05, 0) is 50.6 Å². The lowest BCUT2D eigenvalue weighted by atomic mass is 10.1. The quantitative estimate of drug-likeness (QED) is 0.497. The molecule has 1 aliphatic heterocycles. The molecule has 0 fully saturated rings. The monoisotopic (exact) mass is 480 g/mol. The predicted molar refractivity (Wildman–Crippen MR) is 128 cm³/mol. The van der Waals surface area contributed by atoms with E-state index < -0.39 is 29.4 Å². The first-order valence-electron chi connectivity index (χ1n) is 11.1. The Balaban J connectivity index is 1.44. The van der Waals surface area contributed by atoms with Crippen molar-refractivity contribution in [1.82, 2.24) is 15.5 Å². The molecule has 0 spiro atoms. The van der Waals surface area contributed by atoms with E-state index in [-0.39, 0.29) is 32.0 Å². The molecule has 0 aromatic heterocycles. The molecule has 3 N–H and O–H groups in total. The zero-order valence-electron chi connectivity index (χ0n) is 19.8. The van der Waals surface area contributed by atoms with E-state index in [9.17, 15) is 24.0 Å². The van der Waals surface area contributed by atoms with Crippen LogP contribution >= 0.6 is 0 Å². The van der Waals surface area contributed by atoms with Crippen LogP contribution in [0.5, 0.6) is 0 Å². The van der Waals surface area contributed by atoms with Gasteiger partial charge >= 0.3 is 6.09 Å². The first-order chi connectivity index (χ1) is 16.5. The summed E-state index contributed by atoms with van der Waals surface area (Å²) in [7, 11) is 0. The van der Waals surface area contributed by atoms with Gasteiger partial charge in [0, 0.05) is 25.2 Å². The Morgan fingerprint density at radius 3 is 2.17 bits per heavy atom. The van der Waals surface area contributed by atoms with Crippen LogP contribution in [0.2, 0.25) is 0 Å². The third-order valence-corrected chi connectivity index (χ3v) is 4.93. The van der Waals surface area contributed by atoms with Crippen molar-refractivity contribution in [3.05, 3.63) is 65.2 Å². The molecule has 0 saturated heterocycles. The molecule has 3 rings (SSSR count). The van der Waals surface area contributed by atoms with Crippen LogP contribution in [0, 0.1) is 0 Å². The Kier molecular flexibility index (Phi) is 7.85. The van der Waals surface area contributed by atoms with E-state index in [4.69, 9.17) is 4.74 Å². The van der Waals surface area contributed by atoms with Crippen LogP contribution in [-0.2, 0) is 20.9 Å². The molecule has 10 nitrogen and oxygen atoms in total. The van der Waals surface area contributed by atoms with Gasteiger partial charge in [0.2, 0.25) is 11.8 Å². The summed E-state index contributed by atoms with van der Waals surface area (Å²) in [6.45, 7) is 5.10. The molecule has 2 aromatic carbocycles. The molecule has 2 aromatic rings. The number of hydrogen-bond acceptors (Lipinski definition) is 6. The minimum atomic E-state index is -0.682. The van der Waals surface area contributed by atoms with Gasteiger partial charge in [-0.25, -0.2) is 4.79 Å². The van der Waals surface area contributed by atoms with Crippen LogP contribution in [0.1, 0.15) is 53.5 Å². The van der Waals surface area contributed by atoms with Crippen LogP contribution in [0.15, 0.2) is 48.5 Å². The number of rotatable bonds is 8. The average molecular weight is 481 g/mol. The van der Waals surface area contributed by atoms with Crippen LogP contribution in [0.25, 0.3) is 0 Å². The molecule has 5 amide bonds. The highest BCUT2D eigenvalue weighted by molar-refractivity contribution is 6.21. The summed E-state index contributed by atoms with van der Waals surface area (Å²) >= 11 is 0. The highest BCUT2D eigenvalue weighted by Crippen LogP contribution is 2.22. The van der Waals surface area contributed by atoms with E-state index in [2.05, 4.69) is 16.0 Å². The van der Waals surface area contributed by atoms with Gasteiger partial charge in [0.25, 0.3) is 11.8 Å².